The van der Waals surface area contributed by atoms with Gasteiger partial charge in [0.15, 0.2) is 5.13 Å². The number of aromatic nitrogens is 1. The van der Waals surface area contributed by atoms with Gasteiger partial charge in [-0.3, -0.25) is 10.1 Å². The van der Waals surface area contributed by atoms with Crippen molar-refractivity contribution in [3.63, 3.8) is 0 Å². The van der Waals surface area contributed by atoms with Crippen LogP contribution in [-0.4, -0.2) is 28.6 Å². The Bertz CT molecular complexity index is 1080. The maximum Gasteiger partial charge on any atom is 0.347 e. The Morgan fingerprint density at radius 2 is 1.82 bits per heavy atom. The second-order valence-corrected chi connectivity index (χ2v) is 9.00. The van der Waals surface area contributed by atoms with E-state index in [1.165, 1.54) is 36.6 Å². The molecule has 0 aliphatic carbocycles. The van der Waals surface area contributed by atoms with Crippen molar-refractivity contribution in [1.82, 2.24) is 10.5 Å². The molecule has 0 saturated heterocycles. The number of benzene rings is 2. The molecule has 1 heterocycles. The molecule has 1 aromatic heterocycles. The Kier molecular flexibility index (Phi) is 12.0. The summed E-state index contributed by atoms with van der Waals surface area (Å²) in [5.74, 6) is -1.51. The number of carbonyl (C=O) groups excluding carboxylic acids is 1. The molecule has 0 saturated carbocycles. The fraction of sp³-hybridized carbons (Fsp3) is 0.292. The van der Waals surface area contributed by atoms with Gasteiger partial charge in [-0.1, -0.05) is 84.6 Å². The number of hydroxylamine groups is 1. The Morgan fingerprint density at radius 1 is 1.09 bits per heavy atom. The van der Waals surface area contributed by atoms with Gasteiger partial charge in [0.05, 0.1) is 22.3 Å². The molecule has 7 nitrogen and oxygen atoms in total. The van der Waals surface area contributed by atoms with E-state index in [1.807, 2.05) is 18.2 Å². The van der Waals surface area contributed by atoms with Crippen LogP contribution in [0.1, 0.15) is 57.5 Å². The average molecular weight is 524 g/mol. The van der Waals surface area contributed by atoms with Crippen molar-refractivity contribution in [1.29, 1.82) is 0 Å². The fourth-order valence-electron chi connectivity index (χ4n) is 2.68. The highest BCUT2D eigenvalue weighted by Crippen LogP contribution is 2.25. The summed E-state index contributed by atoms with van der Waals surface area (Å²) in [5, 5.41) is 12.3. The molecule has 182 valence electrons. The highest BCUT2D eigenvalue weighted by Gasteiger charge is 2.16. The number of thiazole rings is 1. The lowest BCUT2D eigenvalue weighted by Gasteiger charge is -2.05. The summed E-state index contributed by atoms with van der Waals surface area (Å²) in [5.41, 5.74) is 4.88. The van der Waals surface area contributed by atoms with Crippen LogP contribution in [0, 0.1) is 6.92 Å². The van der Waals surface area contributed by atoms with Gasteiger partial charge in [0.2, 0.25) is 0 Å². The number of carboxylic acids is 1. The molecule has 0 spiro atoms. The zero-order valence-corrected chi connectivity index (χ0v) is 21.3. The van der Waals surface area contributed by atoms with Gasteiger partial charge in [0.25, 0.3) is 5.91 Å². The summed E-state index contributed by atoms with van der Waals surface area (Å²) in [4.78, 5) is 32.2. The number of hydrogen-bond acceptors (Lipinski definition) is 6. The molecule has 1 amide bonds. The van der Waals surface area contributed by atoms with Crippen LogP contribution in [-0.2, 0) is 11.4 Å². The number of aryl methyl sites for hydroxylation is 1. The van der Waals surface area contributed by atoms with Crippen molar-refractivity contribution < 1.29 is 19.5 Å². The summed E-state index contributed by atoms with van der Waals surface area (Å²) in [6.45, 7) is 5.35. The molecule has 0 aliphatic rings. The number of halogens is 2. The van der Waals surface area contributed by atoms with Crippen LogP contribution in [0.2, 0.25) is 10.0 Å². The second-order valence-electron chi connectivity index (χ2n) is 7.18. The van der Waals surface area contributed by atoms with Crippen molar-refractivity contribution in [3.05, 3.63) is 80.3 Å². The normalized spacial score (nSPS) is 10.4. The van der Waals surface area contributed by atoms with Gasteiger partial charge in [0.1, 0.15) is 4.88 Å². The van der Waals surface area contributed by atoms with Crippen molar-refractivity contribution in [2.45, 2.75) is 39.7 Å². The number of hydrogen-bond donors (Lipinski definition) is 3. The monoisotopic (exact) mass is 523 g/mol. The van der Waals surface area contributed by atoms with E-state index in [4.69, 9.17) is 33.1 Å². The van der Waals surface area contributed by atoms with Gasteiger partial charge in [-0.15, -0.1) is 0 Å². The molecule has 0 aliphatic heterocycles. The van der Waals surface area contributed by atoms with Gasteiger partial charge < -0.3 is 9.94 Å². The molecular weight excluding hydrogens is 497 g/mol. The third kappa shape index (κ3) is 9.40. The number of nitrogens with zero attached hydrogens (tertiary/aromatic N) is 1. The van der Waals surface area contributed by atoms with Crippen LogP contribution in [0.25, 0.3) is 0 Å². The van der Waals surface area contributed by atoms with E-state index in [1.54, 1.807) is 6.92 Å². The molecule has 2 aromatic carbocycles. The molecule has 0 unspecified atom stereocenters. The van der Waals surface area contributed by atoms with Gasteiger partial charge in [-0.2, -0.15) is 5.48 Å². The number of rotatable bonds is 10. The lowest BCUT2D eigenvalue weighted by Crippen LogP contribution is -2.14. The lowest BCUT2D eigenvalue weighted by molar-refractivity contribution is 0.0342. The minimum absolute atomic E-state index is 0.0921. The van der Waals surface area contributed by atoms with Crippen molar-refractivity contribution in [2.75, 3.05) is 11.9 Å². The molecule has 3 N–H and O–H groups in total. The zero-order valence-electron chi connectivity index (χ0n) is 18.9. The average Bonchev–Trinajstić information content (AvgIpc) is 3.19. The summed E-state index contributed by atoms with van der Waals surface area (Å²) in [7, 11) is 0. The number of anilines is 1. The SMILES string of the molecule is CCCCCONCc1ccccc1.Cc1nc(NC(=O)c2ccc(Cl)c(Cl)c2)sc1C(=O)O. The Morgan fingerprint density at radius 3 is 2.44 bits per heavy atom. The third-order valence-corrected chi connectivity index (χ3v) is 6.26. The summed E-state index contributed by atoms with van der Waals surface area (Å²) < 4.78 is 0. The fourth-order valence-corrected chi connectivity index (χ4v) is 3.78. The van der Waals surface area contributed by atoms with Crippen molar-refractivity contribution in [2.24, 2.45) is 0 Å². The van der Waals surface area contributed by atoms with Crippen LogP contribution >= 0.6 is 34.5 Å². The van der Waals surface area contributed by atoms with Crippen molar-refractivity contribution >= 4 is 51.5 Å². The van der Waals surface area contributed by atoms with E-state index in [2.05, 4.69) is 34.8 Å². The smallest absolute Gasteiger partial charge is 0.347 e. The number of nitrogens with one attached hydrogen (secondary N) is 2. The highest BCUT2D eigenvalue weighted by molar-refractivity contribution is 7.17. The zero-order chi connectivity index (χ0) is 24.9. The number of carbonyl (C=O) groups is 2. The van der Waals surface area contributed by atoms with Gasteiger partial charge in [0, 0.05) is 12.1 Å². The predicted octanol–water partition coefficient (Wildman–Crippen LogP) is 6.61. The molecule has 3 aromatic rings. The summed E-state index contributed by atoms with van der Waals surface area (Å²) in [6.07, 6.45) is 3.62. The molecule has 34 heavy (non-hydrogen) atoms. The maximum atomic E-state index is 12.0. The first-order valence-electron chi connectivity index (χ1n) is 10.7. The highest BCUT2D eigenvalue weighted by atomic mass is 35.5. The van der Waals surface area contributed by atoms with Crippen LogP contribution in [0.5, 0.6) is 0 Å². The van der Waals surface area contributed by atoms with E-state index in [-0.39, 0.29) is 15.0 Å². The Labute approximate surface area is 213 Å². The van der Waals surface area contributed by atoms with Crippen molar-refractivity contribution in [3.8, 4) is 0 Å². The van der Waals surface area contributed by atoms with E-state index >= 15 is 0 Å². The van der Waals surface area contributed by atoms with Gasteiger partial charge >= 0.3 is 5.97 Å². The molecular formula is C24H27Cl2N3O4S. The quantitative estimate of drug-likeness (QED) is 0.204. The molecule has 0 atom stereocenters. The predicted molar refractivity (Wildman–Crippen MR) is 137 cm³/mol. The minimum Gasteiger partial charge on any atom is -0.477 e. The van der Waals surface area contributed by atoms with Gasteiger partial charge in [-0.25, -0.2) is 9.78 Å². The Balaban J connectivity index is 0.000000257. The minimum atomic E-state index is -1.07. The largest absolute Gasteiger partial charge is 0.477 e. The molecule has 0 radical (unpaired) electrons. The van der Waals surface area contributed by atoms with E-state index in [0.29, 0.717) is 16.3 Å². The number of carboxylic acid groups (broad SMARTS) is 1. The number of unbranched alkanes of at least 4 members (excludes halogenated alkanes) is 2. The maximum absolute atomic E-state index is 12.0. The molecule has 10 heteroatoms. The van der Waals surface area contributed by atoms with Crippen LogP contribution in [0.4, 0.5) is 5.13 Å². The number of amides is 1. The summed E-state index contributed by atoms with van der Waals surface area (Å²) in [6, 6.07) is 14.7. The second kappa shape index (κ2) is 14.7. The first-order chi connectivity index (χ1) is 16.3. The standard InChI is InChI=1S/C12H8Cl2N2O3S.C12H19NO/c1-5-9(11(18)19)20-12(15-5)16-10(17)6-2-3-7(13)8(14)4-6;1-2-3-7-10-14-13-11-12-8-5-4-6-9-12/h2-4H,1H3,(H,18,19)(H,15,16,17);4-6,8-9,13H,2-3,7,10-11H2,1H3. The van der Waals surface area contributed by atoms with E-state index < -0.39 is 11.9 Å². The van der Waals surface area contributed by atoms with Crippen LogP contribution < -0.4 is 10.8 Å². The van der Waals surface area contributed by atoms with E-state index in [0.717, 1.165) is 30.9 Å². The number of aromatic carboxylic acids is 1. The van der Waals surface area contributed by atoms with Crippen LogP contribution in [0.3, 0.4) is 0 Å². The van der Waals surface area contributed by atoms with Crippen LogP contribution in [0.15, 0.2) is 48.5 Å². The lowest BCUT2D eigenvalue weighted by atomic mass is 10.2. The summed E-state index contributed by atoms with van der Waals surface area (Å²) >= 11 is 12.5. The Hall–Kier alpha value is -2.49. The first-order valence-corrected chi connectivity index (χ1v) is 12.2. The first kappa shape index (κ1) is 27.8. The third-order valence-electron chi connectivity index (χ3n) is 4.46. The van der Waals surface area contributed by atoms with E-state index in [9.17, 15) is 9.59 Å². The molecule has 3 rings (SSSR count). The topological polar surface area (TPSA) is 101 Å². The molecule has 0 fully saturated rings. The van der Waals surface area contributed by atoms with Gasteiger partial charge in [-0.05, 0) is 37.1 Å². The molecule has 0 bridgehead atoms.